The molecule has 1 aromatic heterocycles. The first-order valence-corrected chi connectivity index (χ1v) is 11.9. The number of carbonyl (C=O) groups is 2. The van der Waals surface area contributed by atoms with E-state index >= 15 is 0 Å². The number of oxazole rings is 1. The standard InChI is InChI=1S/C25H26IN3O3/c1-16-3-4-17(2)29(16)25(31)22-15-32-24(28-22)20-9-5-19(6-10-20)14-27-23(30)13-18-7-11-21(26)12-8-18/h5-12,15-17H,3-4,13-14H2,1-2H3,(H,27,30)/t16-,17-/m1/s1. The van der Waals surface area contributed by atoms with Gasteiger partial charge in [0.25, 0.3) is 5.91 Å². The average Bonchev–Trinajstić information content (AvgIpc) is 3.41. The number of nitrogens with one attached hydrogen (secondary N) is 1. The first kappa shape index (κ1) is 22.5. The predicted octanol–water partition coefficient (Wildman–Crippen LogP) is 4.82. The Bertz CT molecular complexity index is 1080. The molecular weight excluding hydrogens is 517 g/mol. The molecule has 7 heteroatoms. The van der Waals surface area contributed by atoms with Gasteiger partial charge in [-0.3, -0.25) is 9.59 Å². The minimum atomic E-state index is -0.0787. The zero-order chi connectivity index (χ0) is 22.7. The summed E-state index contributed by atoms with van der Waals surface area (Å²) in [7, 11) is 0. The second-order valence-electron chi connectivity index (χ2n) is 8.30. The molecule has 3 aromatic rings. The molecule has 1 N–H and O–H groups in total. The van der Waals surface area contributed by atoms with E-state index in [4.69, 9.17) is 4.42 Å². The Labute approximate surface area is 201 Å². The maximum Gasteiger partial charge on any atom is 0.276 e. The number of aromatic nitrogens is 1. The van der Waals surface area contributed by atoms with Gasteiger partial charge in [0.05, 0.1) is 6.42 Å². The van der Waals surface area contributed by atoms with Gasteiger partial charge >= 0.3 is 0 Å². The molecule has 2 atom stereocenters. The monoisotopic (exact) mass is 543 g/mol. The van der Waals surface area contributed by atoms with Crippen LogP contribution in [0.25, 0.3) is 11.5 Å². The van der Waals surface area contributed by atoms with Crippen LogP contribution in [0.4, 0.5) is 0 Å². The summed E-state index contributed by atoms with van der Waals surface area (Å²) in [6.45, 7) is 4.59. The molecule has 0 bridgehead atoms. The lowest BCUT2D eigenvalue weighted by Crippen LogP contribution is -2.38. The van der Waals surface area contributed by atoms with Crippen molar-refractivity contribution in [2.24, 2.45) is 0 Å². The Morgan fingerprint density at radius 2 is 1.66 bits per heavy atom. The molecule has 0 aliphatic carbocycles. The van der Waals surface area contributed by atoms with E-state index in [2.05, 4.69) is 46.7 Å². The molecule has 0 saturated carbocycles. The summed E-state index contributed by atoms with van der Waals surface area (Å²) in [4.78, 5) is 31.3. The van der Waals surface area contributed by atoms with Crippen LogP contribution in [0.3, 0.4) is 0 Å². The van der Waals surface area contributed by atoms with Crippen molar-refractivity contribution in [3.05, 3.63) is 75.2 Å². The highest BCUT2D eigenvalue weighted by molar-refractivity contribution is 14.1. The molecule has 2 aromatic carbocycles. The van der Waals surface area contributed by atoms with E-state index in [0.29, 0.717) is 24.6 Å². The van der Waals surface area contributed by atoms with Gasteiger partial charge in [-0.15, -0.1) is 0 Å². The average molecular weight is 543 g/mol. The van der Waals surface area contributed by atoms with Crippen LogP contribution in [0, 0.1) is 3.57 Å². The van der Waals surface area contributed by atoms with Crippen molar-refractivity contribution in [2.45, 2.75) is 51.7 Å². The fraction of sp³-hybridized carbons (Fsp3) is 0.320. The zero-order valence-electron chi connectivity index (χ0n) is 18.2. The van der Waals surface area contributed by atoms with Gasteiger partial charge in [0.15, 0.2) is 5.69 Å². The van der Waals surface area contributed by atoms with Crippen LogP contribution in [0.2, 0.25) is 0 Å². The van der Waals surface area contributed by atoms with Crippen molar-refractivity contribution >= 4 is 34.4 Å². The second-order valence-corrected chi connectivity index (χ2v) is 9.55. The van der Waals surface area contributed by atoms with Crippen LogP contribution < -0.4 is 5.32 Å². The third-order valence-electron chi connectivity index (χ3n) is 5.88. The zero-order valence-corrected chi connectivity index (χ0v) is 20.3. The minimum Gasteiger partial charge on any atom is -0.444 e. The molecule has 2 heterocycles. The summed E-state index contributed by atoms with van der Waals surface area (Å²) >= 11 is 2.25. The van der Waals surface area contributed by atoms with Gasteiger partial charge in [-0.2, -0.15) is 0 Å². The van der Waals surface area contributed by atoms with Gasteiger partial charge in [-0.25, -0.2) is 4.98 Å². The molecule has 0 unspecified atom stereocenters. The van der Waals surface area contributed by atoms with Crippen molar-refractivity contribution in [3.8, 4) is 11.5 Å². The molecule has 1 fully saturated rings. The number of benzene rings is 2. The summed E-state index contributed by atoms with van der Waals surface area (Å²) in [6, 6.07) is 16.0. The Morgan fingerprint density at radius 1 is 1.03 bits per heavy atom. The highest BCUT2D eigenvalue weighted by Crippen LogP contribution is 2.27. The van der Waals surface area contributed by atoms with Crippen LogP contribution in [0.15, 0.2) is 59.2 Å². The number of nitrogens with zero attached hydrogens (tertiary/aromatic N) is 2. The summed E-state index contributed by atoms with van der Waals surface area (Å²) in [5.41, 5.74) is 3.10. The fourth-order valence-electron chi connectivity index (χ4n) is 4.05. The molecule has 166 valence electrons. The second kappa shape index (κ2) is 9.85. The van der Waals surface area contributed by atoms with Gasteiger partial charge in [-0.1, -0.05) is 24.3 Å². The Hall–Kier alpha value is -2.68. The number of carbonyl (C=O) groups excluding carboxylic acids is 2. The lowest BCUT2D eigenvalue weighted by molar-refractivity contribution is -0.120. The van der Waals surface area contributed by atoms with Gasteiger partial charge in [-0.05, 0) is 84.7 Å². The van der Waals surface area contributed by atoms with Crippen LogP contribution in [-0.2, 0) is 17.8 Å². The van der Waals surface area contributed by atoms with Crippen LogP contribution in [0.1, 0.15) is 48.3 Å². The van der Waals surface area contributed by atoms with Crippen molar-refractivity contribution in [2.75, 3.05) is 0 Å². The summed E-state index contributed by atoms with van der Waals surface area (Å²) in [5.74, 6) is 0.323. The highest BCUT2D eigenvalue weighted by atomic mass is 127. The van der Waals surface area contributed by atoms with Crippen molar-refractivity contribution in [3.63, 3.8) is 0 Å². The summed E-state index contributed by atoms with van der Waals surface area (Å²) in [5, 5.41) is 2.95. The number of amides is 2. The molecule has 4 rings (SSSR count). The van der Waals surface area contributed by atoms with Crippen molar-refractivity contribution in [1.29, 1.82) is 0 Å². The van der Waals surface area contributed by atoms with E-state index in [1.165, 1.54) is 6.26 Å². The number of likely N-dealkylation sites (tertiary alicyclic amines) is 1. The smallest absolute Gasteiger partial charge is 0.276 e. The normalized spacial score (nSPS) is 18.0. The number of halogens is 1. The number of hydrogen-bond acceptors (Lipinski definition) is 4. The van der Waals surface area contributed by atoms with Crippen LogP contribution >= 0.6 is 22.6 Å². The van der Waals surface area contributed by atoms with E-state index in [1.54, 1.807) is 0 Å². The lowest BCUT2D eigenvalue weighted by Gasteiger charge is -2.25. The molecular formula is C25H26IN3O3. The van der Waals surface area contributed by atoms with E-state index < -0.39 is 0 Å². The highest BCUT2D eigenvalue weighted by Gasteiger charge is 2.33. The largest absolute Gasteiger partial charge is 0.444 e. The van der Waals surface area contributed by atoms with Crippen molar-refractivity contribution < 1.29 is 14.0 Å². The number of hydrogen-bond donors (Lipinski definition) is 1. The SMILES string of the molecule is C[C@@H]1CC[C@@H](C)N1C(=O)c1coc(-c2ccc(CNC(=O)Cc3ccc(I)cc3)cc2)n1. The molecule has 1 aliphatic rings. The minimum absolute atomic E-state index is 0.0171. The molecule has 6 nitrogen and oxygen atoms in total. The van der Waals surface area contributed by atoms with Crippen LogP contribution in [-0.4, -0.2) is 33.8 Å². The summed E-state index contributed by atoms with van der Waals surface area (Å²) in [6.07, 6.45) is 3.82. The Morgan fingerprint density at radius 3 is 2.31 bits per heavy atom. The van der Waals surface area contributed by atoms with Crippen LogP contribution in [0.5, 0.6) is 0 Å². The van der Waals surface area contributed by atoms with E-state index in [-0.39, 0.29) is 23.9 Å². The van der Waals surface area contributed by atoms with E-state index in [9.17, 15) is 9.59 Å². The molecule has 0 spiro atoms. The first-order valence-electron chi connectivity index (χ1n) is 10.8. The molecule has 32 heavy (non-hydrogen) atoms. The van der Waals surface area contributed by atoms with Gasteiger partial charge < -0.3 is 14.6 Å². The third kappa shape index (κ3) is 5.20. The van der Waals surface area contributed by atoms with Gasteiger partial charge in [0, 0.05) is 27.8 Å². The van der Waals surface area contributed by atoms with Gasteiger partial charge in [0.1, 0.15) is 6.26 Å². The molecule has 1 saturated heterocycles. The maximum atomic E-state index is 12.8. The fourth-order valence-corrected chi connectivity index (χ4v) is 4.41. The van der Waals surface area contributed by atoms with E-state index in [0.717, 1.165) is 33.1 Å². The Balaban J connectivity index is 1.34. The topological polar surface area (TPSA) is 75.4 Å². The predicted molar refractivity (Wildman–Crippen MR) is 131 cm³/mol. The first-order chi connectivity index (χ1) is 15.4. The van der Waals surface area contributed by atoms with E-state index in [1.807, 2.05) is 53.4 Å². The summed E-state index contributed by atoms with van der Waals surface area (Å²) < 4.78 is 6.73. The quantitative estimate of drug-likeness (QED) is 0.453. The molecule has 2 amide bonds. The Kier molecular flexibility index (Phi) is 6.93. The lowest BCUT2D eigenvalue weighted by atomic mass is 10.1. The third-order valence-corrected chi connectivity index (χ3v) is 6.60. The number of rotatable bonds is 6. The van der Waals surface area contributed by atoms with Crippen molar-refractivity contribution in [1.82, 2.24) is 15.2 Å². The maximum absolute atomic E-state index is 12.8. The molecule has 1 aliphatic heterocycles. The van der Waals surface area contributed by atoms with Gasteiger partial charge in [0.2, 0.25) is 11.8 Å². The molecule has 0 radical (unpaired) electrons.